The summed E-state index contributed by atoms with van der Waals surface area (Å²) >= 11 is 0. The van der Waals surface area contributed by atoms with Gasteiger partial charge in [0.25, 0.3) is 0 Å². The van der Waals surface area contributed by atoms with E-state index in [0.29, 0.717) is 31.0 Å². The third kappa shape index (κ3) is 3.63. The maximum atomic E-state index is 12.3. The van der Waals surface area contributed by atoms with Crippen LogP contribution in [0, 0.1) is 0 Å². The van der Waals surface area contributed by atoms with Gasteiger partial charge in [0.15, 0.2) is 6.04 Å². The van der Waals surface area contributed by atoms with Crippen molar-refractivity contribution in [2.75, 3.05) is 31.8 Å². The third-order valence-corrected chi connectivity index (χ3v) is 3.11. The van der Waals surface area contributed by atoms with Gasteiger partial charge in [-0.2, -0.15) is 0 Å². The minimum absolute atomic E-state index is 0.0902. The van der Waals surface area contributed by atoms with Gasteiger partial charge >= 0.3 is 12.0 Å². The number of hydrogen-bond donors (Lipinski definition) is 2. The molecule has 114 valence electrons. The zero-order valence-electron chi connectivity index (χ0n) is 11.7. The summed E-state index contributed by atoms with van der Waals surface area (Å²) in [5, 5.41) is 11.5. The Morgan fingerprint density at radius 1 is 1.48 bits per heavy atom. The molecule has 1 unspecified atom stereocenters. The van der Waals surface area contributed by atoms with Gasteiger partial charge in [-0.3, -0.25) is 4.90 Å². The molecule has 21 heavy (non-hydrogen) atoms. The second-order valence-electron chi connectivity index (χ2n) is 4.62. The molecule has 0 saturated heterocycles. The molecule has 1 aliphatic rings. The number of nitrogens with zero attached hydrogens (tertiary/aromatic N) is 1. The van der Waals surface area contributed by atoms with E-state index in [-0.39, 0.29) is 6.61 Å². The molecule has 7 nitrogen and oxygen atoms in total. The Morgan fingerprint density at radius 3 is 2.95 bits per heavy atom. The number of amides is 2. The number of carboxylic acid groups (broad SMARTS) is 1. The molecule has 0 aromatic heterocycles. The van der Waals surface area contributed by atoms with Crippen molar-refractivity contribution in [3.05, 3.63) is 24.3 Å². The highest BCUT2D eigenvalue weighted by Crippen LogP contribution is 2.30. The zero-order valence-corrected chi connectivity index (χ0v) is 11.7. The number of aliphatic carboxylic acids is 1. The van der Waals surface area contributed by atoms with Gasteiger partial charge in [-0.1, -0.05) is 12.1 Å². The van der Waals surface area contributed by atoms with Crippen LogP contribution in [-0.2, 0) is 9.53 Å². The number of urea groups is 1. The van der Waals surface area contributed by atoms with E-state index in [9.17, 15) is 9.59 Å². The number of methoxy groups -OCH3 is 1. The molecule has 0 aliphatic carbocycles. The average molecular weight is 294 g/mol. The van der Waals surface area contributed by atoms with E-state index in [2.05, 4.69) is 5.32 Å². The van der Waals surface area contributed by atoms with Crippen LogP contribution in [0.15, 0.2) is 24.3 Å². The fraction of sp³-hybridized carbons (Fsp3) is 0.429. The molecule has 0 bridgehead atoms. The number of nitrogens with one attached hydrogen (secondary N) is 1. The van der Waals surface area contributed by atoms with Crippen LogP contribution >= 0.6 is 0 Å². The number of carbonyl (C=O) groups excluding carboxylic acids is 1. The molecule has 0 spiro atoms. The zero-order chi connectivity index (χ0) is 15.2. The summed E-state index contributed by atoms with van der Waals surface area (Å²) < 4.78 is 10.4. The van der Waals surface area contributed by atoms with Gasteiger partial charge < -0.3 is 19.9 Å². The summed E-state index contributed by atoms with van der Waals surface area (Å²) in [6.07, 6.45) is 0.671. The van der Waals surface area contributed by atoms with Crippen molar-refractivity contribution < 1.29 is 24.2 Å². The Kier molecular flexibility index (Phi) is 4.99. The van der Waals surface area contributed by atoms with Gasteiger partial charge in [-0.15, -0.1) is 0 Å². The van der Waals surface area contributed by atoms with Crippen molar-refractivity contribution in [2.45, 2.75) is 12.5 Å². The van der Waals surface area contributed by atoms with Crippen molar-refractivity contribution in [3.63, 3.8) is 0 Å². The summed E-state index contributed by atoms with van der Waals surface area (Å²) in [5.41, 5.74) is 0.633. The smallest absolute Gasteiger partial charge is 0.328 e. The van der Waals surface area contributed by atoms with Crippen LogP contribution in [0.4, 0.5) is 10.5 Å². The average Bonchev–Trinajstić information content (AvgIpc) is 2.69. The quantitative estimate of drug-likeness (QED) is 0.867. The van der Waals surface area contributed by atoms with E-state index in [0.717, 1.165) is 0 Å². The van der Waals surface area contributed by atoms with Crippen LogP contribution in [-0.4, -0.2) is 50.0 Å². The Bertz CT molecular complexity index is 520. The largest absolute Gasteiger partial charge is 0.491 e. The molecule has 1 aromatic carbocycles. The van der Waals surface area contributed by atoms with Gasteiger partial charge in [-0.05, 0) is 18.6 Å². The van der Waals surface area contributed by atoms with Crippen LogP contribution in [0.1, 0.15) is 6.42 Å². The predicted octanol–water partition coefficient (Wildman–Crippen LogP) is 1.08. The first kappa shape index (κ1) is 15.1. The lowest BCUT2D eigenvalue weighted by molar-refractivity contribution is -0.140. The summed E-state index contributed by atoms with van der Waals surface area (Å²) in [5.74, 6) is -0.520. The number of para-hydroxylation sites is 2. The number of hydrogen-bond acceptors (Lipinski definition) is 4. The third-order valence-electron chi connectivity index (χ3n) is 3.11. The molecule has 2 N–H and O–H groups in total. The number of carboxylic acids is 1. The lowest BCUT2D eigenvalue weighted by atomic mass is 10.2. The minimum Gasteiger partial charge on any atom is -0.491 e. The monoisotopic (exact) mass is 294 g/mol. The normalized spacial score (nSPS) is 15.4. The number of benzene rings is 1. The van der Waals surface area contributed by atoms with Crippen molar-refractivity contribution in [2.24, 2.45) is 0 Å². The Labute approximate surface area is 122 Å². The SMILES string of the molecule is COCC(NC(=O)N1CCCOc2ccccc21)C(=O)O. The molecule has 0 saturated carbocycles. The van der Waals surface area contributed by atoms with Crippen LogP contribution in [0.3, 0.4) is 0 Å². The molecule has 7 heteroatoms. The highest BCUT2D eigenvalue weighted by Gasteiger charge is 2.26. The first-order valence-electron chi connectivity index (χ1n) is 6.65. The van der Waals surface area contributed by atoms with Crippen LogP contribution in [0.5, 0.6) is 5.75 Å². The molecular weight excluding hydrogens is 276 g/mol. The number of fused-ring (bicyclic) bond motifs is 1. The van der Waals surface area contributed by atoms with E-state index in [4.69, 9.17) is 14.6 Å². The maximum absolute atomic E-state index is 12.3. The minimum atomic E-state index is -1.13. The Morgan fingerprint density at radius 2 is 2.24 bits per heavy atom. The van der Waals surface area contributed by atoms with Crippen molar-refractivity contribution in [3.8, 4) is 5.75 Å². The highest BCUT2D eigenvalue weighted by molar-refractivity contribution is 5.95. The standard InChI is InChI=1S/C14H18N2O5/c1-20-9-10(13(17)18)15-14(19)16-7-4-8-21-12-6-3-2-5-11(12)16/h2-3,5-6,10H,4,7-9H2,1H3,(H,15,19)(H,17,18). The van der Waals surface area contributed by atoms with E-state index in [1.54, 1.807) is 18.2 Å². The topological polar surface area (TPSA) is 88.1 Å². The fourth-order valence-corrected chi connectivity index (χ4v) is 2.11. The summed E-state index contributed by atoms with van der Waals surface area (Å²) in [7, 11) is 1.39. The lowest BCUT2D eigenvalue weighted by Gasteiger charge is -2.24. The first-order valence-corrected chi connectivity index (χ1v) is 6.65. The van der Waals surface area contributed by atoms with Gasteiger partial charge in [0.1, 0.15) is 5.75 Å². The Balaban J connectivity index is 2.16. The Hall–Kier alpha value is -2.28. The lowest BCUT2D eigenvalue weighted by Crippen LogP contribution is -2.50. The summed E-state index contributed by atoms with van der Waals surface area (Å²) in [6, 6.07) is 5.62. The van der Waals surface area contributed by atoms with Gasteiger partial charge in [0.05, 0.1) is 18.9 Å². The second kappa shape index (κ2) is 6.94. The number of ether oxygens (including phenoxy) is 2. The van der Waals surface area contributed by atoms with Crippen LogP contribution in [0.2, 0.25) is 0 Å². The number of carbonyl (C=O) groups is 2. The highest BCUT2D eigenvalue weighted by atomic mass is 16.5. The molecule has 0 fully saturated rings. The van der Waals surface area contributed by atoms with E-state index in [1.807, 2.05) is 6.07 Å². The molecular formula is C14H18N2O5. The molecule has 1 aliphatic heterocycles. The number of rotatable bonds is 4. The second-order valence-corrected chi connectivity index (χ2v) is 4.62. The van der Waals surface area contributed by atoms with Crippen molar-refractivity contribution in [1.82, 2.24) is 5.32 Å². The van der Waals surface area contributed by atoms with E-state index in [1.165, 1.54) is 12.0 Å². The molecule has 1 heterocycles. The molecule has 2 rings (SSSR count). The summed E-state index contributed by atoms with van der Waals surface area (Å²) in [4.78, 5) is 24.9. The molecule has 1 aromatic rings. The molecule has 2 amide bonds. The fourth-order valence-electron chi connectivity index (χ4n) is 2.11. The predicted molar refractivity (Wildman–Crippen MR) is 75.7 cm³/mol. The van der Waals surface area contributed by atoms with E-state index < -0.39 is 18.0 Å². The van der Waals surface area contributed by atoms with Crippen molar-refractivity contribution >= 4 is 17.7 Å². The molecule has 1 atom stereocenters. The molecule has 0 radical (unpaired) electrons. The number of anilines is 1. The van der Waals surface area contributed by atoms with Crippen LogP contribution in [0.25, 0.3) is 0 Å². The van der Waals surface area contributed by atoms with E-state index >= 15 is 0 Å². The maximum Gasteiger partial charge on any atom is 0.328 e. The van der Waals surface area contributed by atoms with Gasteiger partial charge in [0, 0.05) is 13.7 Å². The van der Waals surface area contributed by atoms with Crippen molar-refractivity contribution in [1.29, 1.82) is 0 Å². The van der Waals surface area contributed by atoms with Crippen LogP contribution < -0.4 is 15.0 Å². The van der Waals surface area contributed by atoms with Gasteiger partial charge in [0.2, 0.25) is 0 Å². The summed E-state index contributed by atoms with van der Waals surface area (Å²) in [6.45, 7) is 0.885. The van der Waals surface area contributed by atoms with Gasteiger partial charge in [-0.25, -0.2) is 9.59 Å². The first-order chi connectivity index (χ1) is 10.1.